The SMILES string of the molecule is CC/C=C\C/C=C\C/C=C\C/C=C\C/C=C\C/C=C\C/C=C\C/C=C\CCCCCCCCCCCCCCCCCCC(=O)OC(CO)COC(=O)CCCCCCCCCCCCCCCCCCCCCCCCCCCC/C=C\C/C=C\C/C=C\C/C=C\CC. The molecule has 0 aromatic rings. The van der Waals surface area contributed by atoms with Gasteiger partial charge in [-0.2, -0.15) is 0 Å². The maximum atomic E-state index is 12.4. The molecule has 538 valence electrons. The maximum Gasteiger partial charge on any atom is 0.306 e. The van der Waals surface area contributed by atoms with Crippen molar-refractivity contribution in [3.63, 3.8) is 0 Å². The highest BCUT2D eigenvalue weighted by Crippen LogP contribution is 2.19. The van der Waals surface area contributed by atoms with Crippen LogP contribution in [0.4, 0.5) is 0 Å². The summed E-state index contributed by atoms with van der Waals surface area (Å²) < 4.78 is 10.8. The van der Waals surface area contributed by atoms with Crippen molar-refractivity contribution in [1.29, 1.82) is 0 Å². The smallest absolute Gasteiger partial charge is 0.306 e. The van der Waals surface area contributed by atoms with Gasteiger partial charge in [0.1, 0.15) is 6.61 Å². The number of hydrogen-bond acceptors (Lipinski definition) is 5. The molecule has 0 radical (unpaired) electrons. The van der Waals surface area contributed by atoms with E-state index in [2.05, 4.69) is 160 Å². The Kier molecular flexibility index (Phi) is 79.3. The number of carbonyl (C=O) groups excluding carboxylic acids is 2. The van der Waals surface area contributed by atoms with Crippen molar-refractivity contribution in [2.45, 2.75) is 392 Å². The van der Waals surface area contributed by atoms with Gasteiger partial charge in [-0.25, -0.2) is 0 Å². The van der Waals surface area contributed by atoms with E-state index < -0.39 is 6.10 Å². The van der Waals surface area contributed by atoms with Crippen LogP contribution in [0.2, 0.25) is 0 Å². The van der Waals surface area contributed by atoms with Crippen LogP contribution in [0, 0.1) is 0 Å². The number of unbranched alkanes of at least 4 members (excludes halogenated alkanes) is 42. The van der Waals surface area contributed by atoms with Gasteiger partial charge in [0.05, 0.1) is 6.61 Å². The lowest BCUT2D eigenvalue weighted by Gasteiger charge is -2.15. The summed E-state index contributed by atoms with van der Waals surface area (Å²) in [5.74, 6) is -0.576. The summed E-state index contributed by atoms with van der Waals surface area (Å²) in [6.45, 7) is 3.95. The first-order valence-electron chi connectivity index (χ1n) is 40.4. The predicted octanol–water partition coefficient (Wildman–Crippen LogP) is 28.8. The van der Waals surface area contributed by atoms with E-state index in [-0.39, 0.29) is 25.2 Å². The van der Waals surface area contributed by atoms with Crippen LogP contribution in [0.3, 0.4) is 0 Å². The number of esters is 2. The van der Waals surface area contributed by atoms with Crippen LogP contribution >= 0.6 is 0 Å². The lowest BCUT2D eigenvalue weighted by Crippen LogP contribution is -2.28. The third-order valence-electron chi connectivity index (χ3n) is 17.6. The van der Waals surface area contributed by atoms with Gasteiger partial charge in [0.25, 0.3) is 0 Å². The molecule has 5 nitrogen and oxygen atoms in total. The monoisotopic (exact) mass is 1300 g/mol. The number of allylic oxidation sites excluding steroid dienone is 24. The molecule has 1 unspecified atom stereocenters. The van der Waals surface area contributed by atoms with Crippen molar-refractivity contribution >= 4 is 11.9 Å². The van der Waals surface area contributed by atoms with E-state index in [1.54, 1.807) is 0 Å². The van der Waals surface area contributed by atoms with Crippen LogP contribution in [-0.4, -0.2) is 36.4 Å². The van der Waals surface area contributed by atoms with Gasteiger partial charge in [-0.05, 0) is 116 Å². The number of aliphatic hydroxyl groups excluding tert-OH is 1. The Balaban J connectivity index is 3.44. The van der Waals surface area contributed by atoms with Crippen molar-refractivity contribution in [3.05, 3.63) is 146 Å². The average molecular weight is 1300 g/mol. The first-order valence-corrected chi connectivity index (χ1v) is 40.4. The first kappa shape index (κ1) is 89.8. The molecule has 0 aromatic carbocycles. The molecule has 0 aliphatic carbocycles. The van der Waals surface area contributed by atoms with E-state index in [4.69, 9.17) is 9.47 Å². The average Bonchev–Trinajstić information content (AvgIpc) is 3.77. The van der Waals surface area contributed by atoms with Gasteiger partial charge in [-0.1, -0.05) is 404 Å². The molecule has 0 rings (SSSR count). The van der Waals surface area contributed by atoms with E-state index in [1.165, 1.54) is 244 Å². The topological polar surface area (TPSA) is 72.8 Å². The van der Waals surface area contributed by atoms with E-state index >= 15 is 0 Å². The van der Waals surface area contributed by atoms with Gasteiger partial charge < -0.3 is 14.6 Å². The van der Waals surface area contributed by atoms with Gasteiger partial charge in [0.15, 0.2) is 6.10 Å². The third-order valence-corrected chi connectivity index (χ3v) is 17.6. The molecule has 1 atom stereocenters. The lowest BCUT2D eigenvalue weighted by atomic mass is 10.0. The molecule has 0 bridgehead atoms. The fourth-order valence-electron chi connectivity index (χ4n) is 11.7. The van der Waals surface area contributed by atoms with Gasteiger partial charge >= 0.3 is 11.9 Å². The largest absolute Gasteiger partial charge is 0.462 e. The van der Waals surface area contributed by atoms with Gasteiger partial charge in [0.2, 0.25) is 0 Å². The van der Waals surface area contributed by atoms with Crippen LogP contribution in [0.15, 0.2) is 146 Å². The van der Waals surface area contributed by atoms with Gasteiger partial charge in [-0.15, -0.1) is 0 Å². The van der Waals surface area contributed by atoms with Crippen LogP contribution in [0.5, 0.6) is 0 Å². The Morgan fingerprint density at radius 2 is 0.426 bits per heavy atom. The molecule has 0 saturated heterocycles. The molecule has 0 aromatic heterocycles. The summed E-state index contributed by atoms with van der Waals surface area (Å²) in [7, 11) is 0. The highest BCUT2D eigenvalue weighted by molar-refractivity contribution is 5.70. The summed E-state index contributed by atoms with van der Waals surface area (Å²) in [6, 6.07) is 0. The summed E-state index contributed by atoms with van der Waals surface area (Å²) >= 11 is 0. The molecule has 94 heavy (non-hydrogen) atoms. The Labute approximate surface area is 584 Å². The van der Waals surface area contributed by atoms with Crippen LogP contribution in [-0.2, 0) is 19.1 Å². The van der Waals surface area contributed by atoms with E-state index in [1.807, 2.05) is 0 Å². The Morgan fingerprint density at radius 3 is 0.638 bits per heavy atom. The second-order valence-corrected chi connectivity index (χ2v) is 26.7. The van der Waals surface area contributed by atoms with Crippen molar-refractivity contribution in [3.8, 4) is 0 Å². The molecule has 0 fully saturated rings. The second kappa shape index (κ2) is 83.0. The molecular weight excluding hydrogens is 1150 g/mol. The summed E-state index contributed by atoms with van der Waals surface area (Å²) in [6.07, 6.45) is 125. The highest BCUT2D eigenvalue weighted by Gasteiger charge is 2.16. The van der Waals surface area contributed by atoms with Crippen molar-refractivity contribution in [2.75, 3.05) is 13.2 Å². The zero-order chi connectivity index (χ0) is 67.5. The van der Waals surface area contributed by atoms with Crippen molar-refractivity contribution < 1.29 is 24.2 Å². The zero-order valence-electron chi connectivity index (χ0n) is 61.9. The van der Waals surface area contributed by atoms with Crippen LogP contribution in [0.25, 0.3) is 0 Å². The predicted molar refractivity (Wildman–Crippen MR) is 417 cm³/mol. The second-order valence-electron chi connectivity index (χ2n) is 26.7. The maximum absolute atomic E-state index is 12.4. The number of carbonyl (C=O) groups is 2. The molecule has 5 heteroatoms. The number of ether oxygens (including phenoxy) is 2. The number of hydrogen-bond donors (Lipinski definition) is 1. The summed E-state index contributed by atoms with van der Waals surface area (Å²) in [4.78, 5) is 24.7. The minimum atomic E-state index is -0.778. The lowest BCUT2D eigenvalue weighted by molar-refractivity contribution is -0.161. The van der Waals surface area contributed by atoms with E-state index in [9.17, 15) is 14.7 Å². The standard InChI is InChI=1S/C89H152O5/c1-3-5-7-9-11-13-15-17-19-21-23-25-27-29-31-33-35-37-39-41-43-44-46-48-50-52-54-56-58-60-62-64-66-68-70-72-74-76-78-80-82-84-89(92)94-87(85-90)86-93-88(91)83-81-79-77-75-73-71-69-67-65-63-61-59-57-55-53-51-49-47-45-42-40-38-36-34-32-30-28-26-24-22-20-18-16-14-12-10-8-6-4-2/h5-8,11-14,17-20,23-26,29,31,35,37,41,43,46,48,87,90H,3-4,9-10,15-16,21-22,27-28,30,32-34,36,38-40,42,44-45,47,49-86H2,1-2H3/b7-5-,8-6-,13-11-,14-12-,19-17-,20-18-,25-23-,26-24-,31-29-,37-35-,43-41-,48-46-. The molecule has 0 aliphatic rings. The van der Waals surface area contributed by atoms with E-state index in [0.717, 1.165) is 116 Å². The minimum Gasteiger partial charge on any atom is -0.462 e. The van der Waals surface area contributed by atoms with E-state index in [0.29, 0.717) is 12.8 Å². The summed E-state index contributed by atoms with van der Waals surface area (Å²) in [5, 5.41) is 9.74. The number of aliphatic hydroxyl groups is 1. The minimum absolute atomic E-state index is 0.0659. The summed E-state index contributed by atoms with van der Waals surface area (Å²) in [5.41, 5.74) is 0. The van der Waals surface area contributed by atoms with Crippen LogP contribution < -0.4 is 0 Å². The molecule has 1 N–H and O–H groups in total. The zero-order valence-corrected chi connectivity index (χ0v) is 61.9. The molecule has 0 aliphatic heterocycles. The molecule has 0 spiro atoms. The molecule has 0 heterocycles. The third kappa shape index (κ3) is 80.2. The van der Waals surface area contributed by atoms with Gasteiger partial charge in [-0.3, -0.25) is 9.59 Å². The molecule has 0 saturated carbocycles. The Bertz CT molecular complexity index is 1920. The van der Waals surface area contributed by atoms with Crippen LogP contribution in [0.1, 0.15) is 386 Å². The first-order chi connectivity index (χ1) is 46.6. The Hall–Kier alpha value is -4.22. The highest BCUT2D eigenvalue weighted by atomic mass is 16.6. The fraction of sp³-hybridized carbons (Fsp3) is 0.708. The normalized spacial score (nSPS) is 13.0. The van der Waals surface area contributed by atoms with Crippen molar-refractivity contribution in [1.82, 2.24) is 0 Å². The van der Waals surface area contributed by atoms with Crippen molar-refractivity contribution in [2.24, 2.45) is 0 Å². The molecular formula is C89H152O5. The molecule has 0 amide bonds. The number of rotatable bonds is 74. The fourth-order valence-corrected chi connectivity index (χ4v) is 11.7. The Morgan fingerprint density at radius 1 is 0.245 bits per heavy atom. The van der Waals surface area contributed by atoms with Gasteiger partial charge in [0, 0.05) is 12.8 Å². The quantitative estimate of drug-likeness (QED) is 0.0373.